The number of hydrogen-bond acceptors (Lipinski definition) is 0. The van der Waals surface area contributed by atoms with E-state index in [0.29, 0.717) is 11.8 Å². The molecule has 20 heavy (non-hydrogen) atoms. The fourth-order valence-electron chi connectivity index (χ4n) is 3.13. The molecule has 0 atom stereocenters. The molecule has 0 N–H and O–H groups in total. The van der Waals surface area contributed by atoms with Gasteiger partial charge in [-0.05, 0) is 61.1 Å². The standard InChI is InChI=1S/C18H24F2/c1-2-3-14-4-9-16(10-5-14)17-11-6-15(7-12-17)8-13-18(19)20/h4-5,8-10,13,15,17-18H,2-3,6-7,11-12H2,1H3. The van der Waals surface area contributed by atoms with E-state index < -0.39 is 6.43 Å². The second-order valence-corrected chi connectivity index (χ2v) is 5.82. The largest absolute Gasteiger partial charge is 0.257 e. The van der Waals surface area contributed by atoms with Gasteiger partial charge in [-0.15, -0.1) is 0 Å². The average Bonchev–Trinajstić information content (AvgIpc) is 2.47. The van der Waals surface area contributed by atoms with Gasteiger partial charge in [0, 0.05) is 0 Å². The summed E-state index contributed by atoms with van der Waals surface area (Å²) in [5, 5.41) is 0. The van der Waals surface area contributed by atoms with E-state index in [1.807, 2.05) is 0 Å². The van der Waals surface area contributed by atoms with Crippen LogP contribution in [0.4, 0.5) is 8.78 Å². The highest BCUT2D eigenvalue weighted by atomic mass is 19.3. The zero-order valence-electron chi connectivity index (χ0n) is 12.2. The van der Waals surface area contributed by atoms with Gasteiger partial charge < -0.3 is 0 Å². The van der Waals surface area contributed by atoms with E-state index >= 15 is 0 Å². The molecule has 0 bridgehead atoms. The van der Waals surface area contributed by atoms with Gasteiger partial charge in [-0.1, -0.05) is 43.7 Å². The Balaban J connectivity index is 1.87. The third-order valence-electron chi connectivity index (χ3n) is 4.29. The Morgan fingerprint density at radius 1 is 1.10 bits per heavy atom. The van der Waals surface area contributed by atoms with Gasteiger partial charge in [0.25, 0.3) is 6.43 Å². The third-order valence-corrected chi connectivity index (χ3v) is 4.29. The SMILES string of the molecule is CCCc1ccc(C2CCC(C=CC(F)F)CC2)cc1. The summed E-state index contributed by atoms with van der Waals surface area (Å²) in [6.07, 6.45) is 7.08. The Morgan fingerprint density at radius 3 is 2.30 bits per heavy atom. The Labute approximate surface area is 120 Å². The van der Waals surface area contributed by atoms with Crippen LogP contribution < -0.4 is 0 Å². The van der Waals surface area contributed by atoms with Gasteiger partial charge in [0.1, 0.15) is 0 Å². The van der Waals surface area contributed by atoms with Crippen molar-refractivity contribution in [2.45, 2.75) is 57.8 Å². The van der Waals surface area contributed by atoms with Crippen molar-refractivity contribution < 1.29 is 8.78 Å². The summed E-state index contributed by atoms with van der Waals surface area (Å²) in [4.78, 5) is 0. The Morgan fingerprint density at radius 2 is 1.75 bits per heavy atom. The smallest absolute Gasteiger partial charge is 0.206 e. The maximum atomic E-state index is 12.1. The molecule has 0 aliphatic heterocycles. The molecule has 0 radical (unpaired) electrons. The molecule has 1 saturated carbocycles. The van der Waals surface area contributed by atoms with Crippen molar-refractivity contribution in [3.05, 3.63) is 47.5 Å². The van der Waals surface area contributed by atoms with E-state index in [1.165, 1.54) is 17.5 Å². The first-order valence-corrected chi connectivity index (χ1v) is 7.74. The van der Waals surface area contributed by atoms with Gasteiger partial charge in [-0.3, -0.25) is 0 Å². The van der Waals surface area contributed by atoms with Gasteiger partial charge in [-0.25, -0.2) is 8.78 Å². The van der Waals surface area contributed by atoms with Crippen LogP contribution in [-0.4, -0.2) is 6.43 Å². The zero-order valence-corrected chi connectivity index (χ0v) is 12.2. The van der Waals surface area contributed by atoms with Crippen molar-refractivity contribution >= 4 is 0 Å². The van der Waals surface area contributed by atoms with E-state index in [0.717, 1.165) is 38.2 Å². The van der Waals surface area contributed by atoms with Crippen LogP contribution in [0.3, 0.4) is 0 Å². The maximum absolute atomic E-state index is 12.1. The second-order valence-electron chi connectivity index (χ2n) is 5.82. The van der Waals surface area contributed by atoms with Crippen molar-refractivity contribution in [1.82, 2.24) is 0 Å². The van der Waals surface area contributed by atoms with Crippen LogP contribution in [0.1, 0.15) is 56.1 Å². The van der Waals surface area contributed by atoms with E-state index in [4.69, 9.17) is 0 Å². The Bertz CT molecular complexity index is 412. The number of hydrogen-bond donors (Lipinski definition) is 0. The number of alkyl halides is 2. The number of halogens is 2. The molecule has 0 spiro atoms. The first-order chi connectivity index (χ1) is 9.69. The van der Waals surface area contributed by atoms with Crippen molar-refractivity contribution in [3.8, 4) is 0 Å². The maximum Gasteiger partial charge on any atom is 0.257 e. The minimum Gasteiger partial charge on any atom is -0.206 e. The van der Waals surface area contributed by atoms with Crippen molar-refractivity contribution in [2.75, 3.05) is 0 Å². The Hall–Kier alpha value is -1.18. The predicted octanol–water partition coefficient (Wildman–Crippen LogP) is 5.73. The second kappa shape index (κ2) is 7.56. The highest BCUT2D eigenvalue weighted by Gasteiger charge is 2.20. The van der Waals surface area contributed by atoms with Crippen molar-refractivity contribution in [3.63, 3.8) is 0 Å². The van der Waals surface area contributed by atoms with Crippen LogP contribution in [0.5, 0.6) is 0 Å². The molecule has 0 amide bonds. The summed E-state index contributed by atoms with van der Waals surface area (Å²) in [6.45, 7) is 2.20. The van der Waals surface area contributed by atoms with Crippen molar-refractivity contribution in [2.24, 2.45) is 5.92 Å². The summed E-state index contributed by atoms with van der Waals surface area (Å²) < 4.78 is 24.3. The summed E-state index contributed by atoms with van der Waals surface area (Å²) in [7, 11) is 0. The predicted molar refractivity (Wildman–Crippen MR) is 80.3 cm³/mol. The molecule has 0 unspecified atom stereocenters. The molecule has 1 aromatic carbocycles. The lowest BCUT2D eigenvalue weighted by Gasteiger charge is -2.27. The number of benzene rings is 1. The summed E-state index contributed by atoms with van der Waals surface area (Å²) in [5.74, 6) is 0.960. The average molecular weight is 278 g/mol. The van der Waals surface area contributed by atoms with E-state index in [2.05, 4.69) is 31.2 Å². The minimum absolute atomic E-state index is 0.347. The molecule has 1 aliphatic rings. The van der Waals surface area contributed by atoms with E-state index in [9.17, 15) is 8.78 Å². The fourth-order valence-corrected chi connectivity index (χ4v) is 3.13. The Kier molecular flexibility index (Phi) is 5.75. The molecule has 1 aromatic rings. The highest BCUT2D eigenvalue weighted by Crippen LogP contribution is 2.36. The highest BCUT2D eigenvalue weighted by molar-refractivity contribution is 5.26. The first-order valence-electron chi connectivity index (χ1n) is 7.74. The third kappa shape index (κ3) is 4.43. The molecule has 2 rings (SSSR count). The normalized spacial score (nSPS) is 23.6. The van der Waals surface area contributed by atoms with Gasteiger partial charge in [0.15, 0.2) is 0 Å². The van der Waals surface area contributed by atoms with Gasteiger partial charge in [-0.2, -0.15) is 0 Å². The van der Waals surface area contributed by atoms with Crippen LogP contribution >= 0.6 is 0 Å². The van der Waals surface area contributed by atoms with Crippen LogP contribution in [0.2, 0.25) is 0 Å². The lowest BCUT2D eigenvalue weighted by atomic mass is 9.78. The van der Waals surface area contributed by atoms with Crippen molar-refractivity contribution in [1.29, 1.82) is 0 Å². The van der Waals surface area contributed by atoms with Crippen LogP contribution in [0, 0.1) is 5.92 Å². The van der Waals surface area contributed by atoms with E-state index in [1.54, 1.807) is 6.08 Å². The molecule has 1 aliphatic carbocycles. The molecule has 0 heterocycles. The van der Waals surface area contributed by atoms with Gasteiger partial charge >= 0.3 is 0 Å². The lowest BCUT2D eigenvalue weighted by molar-refractivity contribution is 0.202. The molecular weight excluding hydrogens is 254 g/mol. The molecule has 0 nitrogen and oxygen atoms in total. The zero-order chi connectivity index (χ0) is 14.4. The molecular formula is C18H24F2. The number of rotatable bonds is 5. The van der Waals surface area contributed by atoms with E-state index in [-0.39, 0.29) is 0 Å². The lowest BCUT2D eigenvalue weighted by Crippen LogP contribution is -2.12. The summed E-state index contributed by atoms with van der Waals surface area (Å²) in [6, 6.07) is 8.99. The number of allylic oxidation sites excluding steroid dienone is 2. The number of aryl methyl sites for hydroxylation is 1. The first kappa shape index (κ1) is 15.2. The minimum atomic E-state index is -2.31. The van der Waals surface area contributed by atoms with Crippen LogP contribution in [0.15, 0.2) is 36.4 Å². The summed E-state index contributed by atoms with van der Waals surface area (Å²) in [5.41, 5.74) is 2.82. The van der Waals surface area contributed by atoms with Gasteiger partial charge in [0.05, 0.1) is 0 Å². The fraction of sp³-hybridized carbons (Fsp3) is 0.556. The van der Waals surface area contributed by atoms with Gasteiger partial charge in [0.2, 0.25) is 0 Å². The topological polar surface area (TPSA) is 0 Å². The molecule has 2 heteroatoms. The quantitative estimate of drug-likeness (QED) is 0.603. The summed E-state index contributed by atoms with van der Waals surface area (Å²) >= 11 is 0. The van der Waals surface area contributed by atoms with Crippen LogP contribution in [0.25, 0.3) is 0 Å². The monoisotopic (exact) mass is 278 g/mol. The molecule has 0 saturated heterocycles. The molecule has 1 fully saturated rings. The molecule has 110 valence electrons. The molecule has 0 aromatic heterocycles. The van der Waals surface area contributed by atoms with Crippen LogP contribution in [-0.2, 0) is 6.42 Å².